The van der Waals surface area contributed by atoms with E-state index in [0.717, 1.165) is 18.1 Å². The normalized spacial score (nSPS) is 9.23. The molecule has 0 bridgehead atoms. The van der Waals surface area contributed by atoms with Crippen LogP contribution in [0.2, 0.25) is 0 Å². The second-order valence-corrected chi connectivity index (χ2v) is 6.53. The Morgan fingerprint density at radius 3 is 2.50 bits per heavy atom. The summed E-state index contributed by atoms with van der Waals surface area (Å²) in [6.07, 6.45) is 0. The molecule has 0 aromatic carbocycles. The van der Waals surface area contributed by atoms with E-state index in [0.29, 0.717) is 6.54 Å². The van der Waals surface area contributed by atoms with Gasteiger partial charge in [0, 0.05) is 29.5 Å². The van der Waals surface area contributed by atoms with Crippen LogP contribution in [0.25, 0.3) is 0 Å². The molecule has 1 rings (SSSR count). The Hall–Kier alpha value is -0.180. The average Bonchev–Trinajstić information content (AvgIpc) is 2.75. The van der Waals surface area contributed by atoms with Crippen LogP contribution in [-0.4, -0.2) is 43.0 Å². The van der Waals surface area contributed by atoms with Gasteiger partial charge in [0.15, 0.2) is 11.7 Å². The van der Waals surface area contributed by atoms with Crippen molar-refractivity contribution in [2.24, 2.45) is 5.73 Å². The summed E-state index contributed by atoms with van der Waals surface area (Å²) in [6.45, 7) is 1.66. The number of amidine groups is 2. The van der Waals surface area contributed by atoms with Gasteiger partial charge in [0.25, 0.3) is 0 Å². The van der Waals surface area contributed by atoms with Gasteiger partial charge in [-0.3, -0.25) is 10.8 Å². The maximum atomic E-state index is 7.34. The predicted octanol–water partition coefficient (Wildman–Crippen LogP) is 2.81. The predicted molar refractivity (Wildman–Crippen MR) is 107 cm³/mol. The minimum atomic E-state index is -0.212. The Morgan fingerprint density at radius 1 is 1.32 bits per heavy atom. The molecule has 0 aliphatic rings. The van der Waals surface area contributed by atoms with Crippen molar-refractivity contribution in [3.05, 3.63) is 21.9 Å². The third-order valence-electron chi connectivity index (χ3n) is 2.27. The summed E-state index contributed by atoms with van der Waals surface area (Å²) in [4.78, 5) is 3.55. The first-order valence-corrected chi connectivity index (χ1v) is 7.98. The molecular weight excluding hydrogens is 385 g/mol. The number of thiophene rings is 1. The molecule has 1 aromatic heterocycles. The van der Waals surface area contributed by atoms with Crippen molar-refractivity contribution in [1.82, 2.24) is 10.2 Å². The van der Waals surface area contributed by atoms with E-state index in [2.05, 4.69) is 35.8 Å². The van der Waals surface area contributed by atoms with Gasteiger partial charge in [-0.1, -0.05) is 0 Å². The first kappa shape index (κ1) is 26.7. The monoisotopic (exact) mass is 407 g/mol. The van der Waals surface area contributed by atoms with E-state index in [1.807, 2.05) is 11.8 Å². The number of nitrogens with one attached hydrogen (secondary N) is 3. The van der Waals surface area contributed by atoms with Gasteiger partial charge in [-0.2, -0.15) is 11.8 Å². The van der Waals surface area contributed by atoms with Crippen LogP contribution < -0.4 is 11.1 Å². The largest absolute Gasteiger partial charge is 0.381 e. The molecule has 0 saturated carbocycles. The summed E-state index contributed by atoms with van der Waals surface area (Å²) >= 11 is 3.62. The Labute approximate surface area is 159 Å². The quantitative estimate of drug-likeness (QED) is 0.317. The standard InChI is InChI=1S/C12H21N5S2.3ClH/c1-17(2)6-10-5-9(8-19-10)7-18-4-3-16-12(15)11(13)14;;;/h5,8H,3-4,6-7H2,1-2H3,(H3,13,14)(H2,15,16);3*1H. The van der Waals surface area contributed by atoms with E-state index in [4.69, 9.17) is 16.6 Å². The molecule has 0 amide bonds. The summed E-state index contributed by atoms with van der Waals surface area (Å²) in [7, 11) is 4.15. The lowest BCUT2D eigenvalue weighted by Gasteiger charge is -2.06. The minimum Gasteiger partial charge on any atom is -0.381 e. The second-order valence-electron chi connectivity index (χ2n) is 4.43. The molecular formula is C12H24Cl3N5S2. The Bertz CT molecular complexity index is 440. The van der Waals surface area contributed by atoms with Crippen molar-refractivity contribution >= 4 is 72.0 Å². The highest BCUT2D eigenvalue weighted by atomic mass is 35.5. The third kappa shape index (κ3) is 11.4. The summed E-state index contributed by atoms with van der Waals surface area (Å²) in [5, 5.41) is 19.4. The van der Waals surface area contributed by atoms with Crippen LogP contribution in [0.3, 0.4) is 0 Å². The smallest absolute Gasteiger partial charge is 0.160 e. The van der Waals surface area contributed by atoms with Gasteiger partial charge in [-0.15, -0.1) is 48.6 Å². The van der Waals surface area contributed by atoms with Crippen LogP contribution in [0.15, 0.2) is 11.4 Å². The zero-order chi connectivity index (χ0) is 14.3. The number of nitrogens with two attached hydrogens (primary N) is 1. The van der Waals surface area contributed by atoms with Crippen molar-refractivity contribution in [3.8, 4) is 0 Å². The first-order chi connectivity index (χ1) is 8.99. The molecule has 1 heterocycles. The van der Waals surface area contributed by atoms with Gasteiger partial charge < -0.3 is 16.0 Å². The lowest BCUT2D eigenvalue weighted by molar-refractivity contribution is 0.406. The fourth-order valence-corrected chi connectivity index (χ4v) is 3.33. The number of thioether (sulfide) groups is 1. The van der Waals surface area contributed by atoms with E-state index in [1.165, 1.54) is 10.4 Å². The molecule has 0 atom stereocenters. The fraction of sp³-hybridized carbons (Fsp3) is 0.500. The van der Waals surface area contributed by atoms with E-state index < -0.39 is 0 Å². The summed E-state index contributed by atoms with van der Waals surface area (Å²) in [5.74, 6) is 1.67. The lowest BCUT2D eigenvalue weighted by atomic mass is 10.3. The molecule has 130 valence electrons. The third-order valence-corrected chi connectivity index (χ3v) is 4.27. The second kappa shape index (κ2) is 14.4. The molecule has 10 heteroatoms. The molecule has 0 aliphatic heterocycles. The minimum absolute atomic E-state index is 0. The molecule has 5 N–H and O–H groups in total. The Balaban J connectivity index is -0.00000120. The van der Waals surface area contributed by atoms with Gasteiger partial charge in [-0.05, 0) is 31.1 Å². The summed E-state index contributed by atoms with van der Waals surface area (Å²) in [5.41, 5.74) is 6.53. The molecule has 0 fully saturated rings. The molecule has 0 spiro atoms. The van der Waals surface area contributed by atoms with Gasteiger partial charge >= 0.3 is 0 Å². The molecule has 0 saturated heterocycles. The highest BCUT2D eigenvalue weighted by Crippen LogP contribution is 2.20. The van der Waals surface area contributed by atoms with E-state index >= 15 is 0 Å². The van der Waals surface area contributed by atoms with Crippen molar-refractivity contribution in [3.63, 3.8) is 0 Å². The van der Waals surface area contributed by atoms with E-state index in [9.17, 15) is 0 Å². The molecule has 5 nitrogen and oxygen atoms in total. The first-order valence-electron chi connectivity index (χ1n) is 5.94. The van der Waals surface area contributed by atoms with Crippen molar-refractivity contribution < 1.29 is 0 Å². The zero-order valence-electron chi connectivity index (χ0n) is 12.5. The van der Waals surface area contributed by atoms with Crippen molar-refractivity contribution in [2.75, 3.05) is 26.4 Å². The molecule has 0 radical (unpaired) electrons. The highest BCUT2D eigenvalue weighted by Gasteiger charge is 2.02. The number of hydrogen-bond donors (Lipinski definition) is 4. The van der Waals surface area contributed by atoms with Crippen molar-refractivity contribution in [2.45, 2.75) is 12.3 Å². The van der Waals surface area contributed by atoms with Crippen LogP contribution in [0.1, 0.15) is 10.4 Å². The van der Waals surface area contributed by atoms with Gasteiger partial charge in [0.05, 0.1) is 0 Å². The molecule has 22 heavy (non-hydrogen) atoms. The van der Waals surface area contributed by atoms with Crippen LogP contribution in [0, 0.1) is 10.8 Å². The van der Waals surface area contributed by atoms with E-state index in [-0.39, 0.29) is 48.9 Å². The number of hydrogen-bond acceptors (Lipinski definition) is 5. The van der Waals surface area contributed by atoms with Crippen LogP contribution in [-0.2, 0) is 12.3 Å². The SMILES string of the molecule is CN(C)Cc1cc(CSCCNC(=N)C(=N)N)cs1.Cl.Cl.Cl. The summed E-state index contributed by atoms with van der Waals surface area (Å²) < 4.78 is 0. The number of rotatable bonds is 7. The molecule has 1 aromatic rings. The topological polar surface area (TPSA) is 89.0 Å². The number of nitrogens with zero attached hydrogens (tertiary/aromatic N) is 1. The molecule has 0 unspecified atom stereocenters. The summed E-state index contributed by atoms with van der Waals surface area (Å²) in [6, 6.07) is 2.25. The van der Waals surface area contributed by atoms with Gasteiger partial charge in [0.1, 0.15) is 0 Å². The maximum absolute atomic E-state index is 7.34. The Kier molecular flexibility index (Phi) is 17.5. The van der Waals surface area contributed by atoms with E-state index in [1.54, 1.807) is 11.3 Å². The van der Waals surface area contributed by atoms with Crippen LogP contribution >= 0.6 is 60.3 Å². The van der Waals surface area contributed by atoms with Crippen LogP contribution in [0.4, 0.5) is 0 Å². The average molecular weight is 409 g/mol. The Morgan fingerprint density at radius 2 is 1.95 bits per heavy atom. The van der Waals surface area contributed by atoms with Crippen LogP contribution in [0.5, 0.6) is 0 Å². The zero-order valence-corrected chi connectivity index (χ0v) is 16.6. The van der Waals surface area contributed by atoms with Crippen molar-refractivity contribution in [1.29, 1.82) is 10.8 Å². The van der Waals surface area contributed by atoms with Gasteiger partial charge in [0.2, 0.25) is 0 Å². The lowest BCUT2D eigenvalue weighted by Crippen LogP contribution is -2.36. The maximum Gasteiger partial charge on any atom is 0.160 e. The fourth-order valence-electron chi connectivity index (χ4n) is 1.43. The number of halogens is 3. The highest BCUT2D eigenvalue weighted by molar-refractivity contribution is 7.98. The molecule has 0 aliphatic carbocycles. The van der Waals surface area contributed by atoms with Gasteiger partial charge in [-0.25, -0.2) is 0 Å².